The summed E-state index contributed by atoms with van der Waals surface area (Å²) in [6, 6.07) is 19.6. The van der Waals surface area contributed by atoms with Crippen LogP contribution in [0.25, 0.3) is 0 Å². The Bertz CT molecular complexity index is 1390. The minimum Gasteiger partial charge on any atom is -0.493 e. The van der Waals surface area contributed by atoms with Crippen LogP contribution >= 0.6 is 0 Å². The standard InChI is InChI=1S/C30H37N3O6S/c1-6-26(30(35)31-7-2)32(20-23-11-9-8-10-12-23)29(34)21-33(24-15-18-27(38-4)28(19-24)39-5)40(36,37)25-16-13-22(3)14-17-25/h8-19,26H,6-7,20-21H2,1-5H3,(H,31,35)/t26-/m0/s1. The number of ether oxygens (including phenoxy) is 2. The molecule has 1 atom stereocenters. The van der Waals surface area contributed by atoms with E-state index in [1.807, 2.05) is 44.2 Å². The number of likely N-dealkylation sites (N-methyl/N-ethyl adjacent to an activating group) is 1. The second-order valence-electron chi connectivity index (χ2n) is 9.19. The van der Waals surface area contributed by atoms with Gasteiger partial charge in [-0.1, -0.05) is 55.0 Å². The van der Waals surface area contributed by atoms with Gasteiger partial charge in [0.2, 0.25) is 11.8 Å². The number of carbonyl (C=O) groups is 2. The summed E-state index contributed by atoms with van der Waals surface area (Å²) in [5.74, 6) is -0.0922. The molecular formula is C30H37N3O6S. The summed E-state index contributed by atoms with van der Waals surface area (Å²) in [7, 11) is -1.26. The minimum atomic E-state index is -4.19. The molecule has 40 heavy (non-hydrogen) atoms. The molecule has 214 valence electrons. The largest absolute Gasteiger partial charge is 0.493 e. The van der Waals surface area contributed by atoms with Crippen LogP contribution in [-0.2, 0) is 26.2 Å². The second kappa shape index (κ2) is 13.8. The molecule has 3 rings (SSSR count). The van der Waals surface area contributed by atoms with Crippen molar-refractivity contribution in [2.75, 3.05) is 31.6 Å². The monoisotopic (exact) mass is 567 g/mol. The molecular weight excluding hydrogens is 530 g/mol. The molecule has 0 aromatic heterocycles. The number of nitrogens with one attached hydrogen (secondary N) is 1. The molecule has 0 radical (unpaired) electrons. The quantitative estimate of drug-likeness (QED) is 0.333. The van der Waals surface area contributed by atoms with E-state index >= 15 is 0 Å². The number of hydrogen-bond donors (Lipinski definition) is 1. The first-order valence-electron chi connectivity index (χ1n) is 13.1. The number of hydrogen-bond acceptors (Lipinski definition) is 6. The van der Waals surface area contributed by atoms with Gasteiger partial charge < -0.3 is 19.7 Å². The number of nitrogens with zero attached hydrogens (tertiary/aromatic N) is 2. The van der Waals surface area contributed by atoms with E-state index in [1.54, 1.807) is 31.2 Å². The molecule has 3 aromatic carbocycles. The van der Waals surface area contributed by atoms with Crippen molar-refractivity contribution in [3.8, 4) is 11.5 Å². The number of benzene rings is 3. The van der Waals surface area contributed by atoms with Crippen LogP contribution in [0.1, 0.15) is 31.4 Å². The fourth-order valence-electron chi connectivity index (χ4n) is 4.34. The first-order chi connectivity index (χ1) is 19.2. The SMILES string of the molecule is CCNC(=O)[C@H](CC)N(Cc1ccccc1)C(=O)CN(c1ccc(OC)c(OC)c1)S(=O)(=O)c1ccc(C)cc1. The minimum absolute atomic E-state index is 0.0334. The lowest BCUT2D eigenvalue weighted by atomic mass is 10.1. The highest BCUT2D eigenvalue weighted by Gasteiger charge is 2.34. The number of rotatable bonds is 13. The van der Waals surface area contributed by atoms with Gasteiger partial charge in [-0.2, -0.15) is 0 Å². The second-order valence-corrected chi connectivity index (χ2v) is 11.1. The van der Waals surface area contributed by atoms with E-state index in [-0.39, 0.29) is 23.0 Å². The van der Waals surface area contributed by atoms with Crippen molar-refractivity contribution in [3.63, 3.8) is 0 Å². The summed E-state index contributed by atoms with van der Waals surface area (Å²) in [6.07, 6.45) is 0.353. The van der Waals surface area contributed by atoms with Gasteiger partial charge in [0.05, 0.1) is 24.8 Å². The van der Waals surface area contributed by atoms with E-state index in [0.717, 1.165) is 15.4 Å². The predicted octanol–water partition coefficient (Wildman–Crippen LogP) is 4.15. The fraction of sp³-hybridized carbons (Fsp3) is 0.333. The summed E-state index contributed by atoms with van der Waals surface area (Å²) >= 11 is 0. The van der Waals surface area contributed by atoms with Gasteiger partial charge in [-0.15, -0.1) is 0 Å². The maximum atomic E-state index is 14.0. The lowest BCUT2D eigenvalue weighted by Crippen LogP contribution is -2.52. The highest BCUT2D eigenvalue weighted by molar-refractivity contribution is 7.92. The lowest BCUT2D eigenvalue weighted by molar-refractivity contribution is -0.140. The Morgan fingerprint density at radius 1 is 0.900 bits per heavy atom. The van der Waals surface area contributed by atoms with Gasteiger partial charge in [0.15, 0.2) is 11.5 Å². The van der Waals surface area contributed by atoms with Crippen LogP contribution in [0.15, 0.2) is 77.7 Å². The van der Waals surface area contributed by atoms with Crippen LogP contribution in [0.2, 0.25) is 0 Å². The molecule has 0 spiro atoms. The van der Waals surface area contributed by atoms with E-state index in [4.69, 9.17) is 9.47 Å². The van der Waals surface area contributed by atoms with Gasteiger partial charge in [-0.25, -0.2) is 8.42 Å². The maximum absolute atomic E-state index is 14.0. The summed E-state index contributed by atoms with van der Waals surface area (Å²) < 4.78 is 39.8. The van der Waals surface area contributed by atoms with Crippen molar-refractivity contribution in [2.24, 2.45) is 0 Å². The zero-order valence-corrected chi connectivity index (χ0v) is 24.4. The number of carbonyl (C=O) groups excluding carboxylic acids is 2. The van der Waals surface area contributed by atoms with Crippen molar-refractivity contribution in [1.29, 1.82) is 0 Å². The molecule has 0 unspecified atom stereocenters. The van der Waals surface area contributed by atoms with Crippen molar-refractivity contribution >= 4 is 27.5 Å². The molecule has 0 fully saturated rings. The molecule has 0 bridgehead atoms. The molecule has 9 nitrogen and oxygen atoms in total. The maximum Gasteiger partial charge on any atom is 0.264 e. The van der Waals surface area contributed by atoms with Gasteiger partial charge in [0.25, 0.3) is 10.0 Å². The van der Waals surface area contributed by atoms with Crippen molar-refractivity contribution in [1.82, 2.24) is 10.2 Å². The molecule has 0 aliphatic rings. The highest BCUT2D eigenvalue weighted by atomic mass is 32.2. The smallest absolute Gasteiger partial charge is 0.264 e. The van der Waals surface area contributed by atoms with Gasteiger partial charge in [0, 0.05) is 19.2 Å². The Balaban J connectivity index is 2.11. The van der Waals surface area contributed by atoms with Crippen LogP contribution in [0.5, 0.6) is 11.5 Å². The number of anilines is 1. The molecule has 0 aliphatic heterocycles. The number of aryl methyl sites for hydroxylation is 1. The molecule has 0 saturated carbocycles. The Kier molecular flexibility index (Phi) is 10.6. The third-order valence-corrected chi connectivity index (χ3v) is 8.26. The molecule has 0 heterocycles. The number of methoxy groups -OCH3 is 2. The third kappa shape index (κ3) is 7.12. The van der Waals surface area contributed by atoms with Crippen molar-refractivity contribution in [3.05, 3.63) is 83.9 Å². The molecule has 2 amide bonds. The predicted molar refractivity (Wildman–Crippen MR) is 155 cm³/mol. The van der Waals surface area contributed by atoms with E-state index < -0.39 is 28.5 Å². The van der Waals surface area contributed by atoms with Crippen LogP contribution in [0.3, 0.4) is 0 Å². The zero-order valence-electron chi connectivity index (χ0n) is 23.6. The topological polar surface area (TPSA) is 105 Å². The summed E-state index contributed by atoms with van der Waals surface area (Å²) in [5.41, 5.74) is 1.93. The average Bonchev–Trinajstić information content (AvgIpc) is 2.96. The Morgan fingerprint density at radius 2 is 1.55 bits per heavy atom. The molecule has 10 heteroatoms. The van der Waals surface area contributed by atoms with Crippen LogP contribution < -0.4 is 19.1 Å². The van der Waals surface area contributed by atoms with E-state index in [9.17, 15) is 18.0 Å². The Labute approximate surface area is 236 Å². The van der Waals surface area contributed by atoms with Crippen LogP contribution in [-0.4, -0.2) is 58.5 Å². The van der Waals surface area contributed by atoms with Gasteiger partial charge in [0.1, 0.15) is 12.6 Å². The Hall–Kier alpha value is -4.05. The highest BCUT2D eigenvalue weighted by Crippen LogP contribution is 2.34. The number of sulfonamides is 1. The van der Waals surface area contributed by atoms with E-state index in [2.05, 4.69) is 5.32 Å². The van der Waals surface area contributed by atoms with Crippen LogP contribution in [0, 0.1) is 6.92 Å². The van der Waals surface area contributed by atoms with Crippen molar-refractivity contribution < 1.29 is 27.5 Å². The molecule has 0 saturated heterocycles. The number of amides is 2. The van der Waals surface area contributed by atoms with E-state index in [1.165, 1.54) is 37.3 Å². The fourth-order valence-corrected chi connectivity index (χ4v) is 5.74. The third-order valence-electron chi connectivity index (χ3n) is 6.48. The molecule has 3 aromatic rings. The zero-order chi connectivity index (χ0) is 29.3. The van der Waals surface area contributed by atoms with Crippen LogP contribution in [0.4, 0.5) is 5.69 Å². The summed E-state index contributed by atoms with van der Waals surface area (Å²) in [4.78, 5) is 28.5. The first kappa shape index (κ1) is 30.5. The lowest BCUT2D eigenvalue weighted by Gasteiger charge is -2.33. The van der Waals surface area contributed by atoms with Gasteiger partial charge >= 0.3 is 0 Å². The summed E-state index contributed by atoms with van der Waals surface area (Å²) in [5, 5.41) is 2.80. The van der Waals surface area contributed by atoms with Gasteiger partial charge in [-0.05, 0) is 50.1 Å². The molecule has 0 aliphatic carbocycles. The Morgan fingerprint density at radius 3 is 2.12 bits per heavy atom. The van der Waals surface area contributed by atoms with Gasteiger partial charge in [-0.3, -0.25) is 13.9 Å². The average molecular weight is 568 g/mol. The normalized spacial score (nSPS) is 11.8. The summed E-state index contributed by atoms with van der Waals surface area (Å²) in [6.45, 7) is 5.50. The first-order valence-corrected chi connectivity index (χ1v) is 14.5. The molecule has 1 N–H and O–H groups in total. The van der Waals surface area contributed by atoms with Crippen molar-refractivity contribution in [2.45, 2.75) is 44.7 Å². The van der Waals surface area contributed by atoms with E-state index in [0.29, 0.717) is 24.5 Å².